The molecule has 0 spiro atoms. The largest absolute Gasteiger partial charge is 0.470 e. The summed E-state index contributed by atoms with van der Waals surface area (Å²) in [5.74, 6) is 0.241. The van der Waals surface area contributed by atoms with Crippen molar-refractivity contribution in [3.05, 3.63) is 28.8 Å². The van der Waals surface area contributed by atoms with Gasteiger partial charge in [-0.25, -0.2) is 5.01 Å². The molecule has 0 aromatic heterocycles. The number of hydrazone groups is 1. The number of hydrogen-bond donors (Lipinski definition) is 0. The van der Waals surface area contributed by atoms with Gasteiger partial charge in [-0.3, -0.25) is 9.59 Å². The molecule has 1 saturated heterocycles. The molecule has 1 atom stereocenters. The lowest BCUT2D eigenvalue weighted by Crippen LogP contribution is -2.43. The van der Waals surface area contributed by atoms with Gasteiger partial charge < -0.3 is 9.64 Å². The average Bonchev–Trinajstić information content (AvgIpc) is 2.97. The lowest BCUT2D eigenvalue weighted by molar-refractivity contribution is 0.0292. The number of benzene rings is 1. The van der Waals surface area contributed by atoms with E-state index < -0.39 is 0 Å². The zero-order valence-electron chi connectivity index (χ0n) is 12.8. The molecular formula is C16H19N3O3. The fourth-order valence-electron chi connectivity index (χ4n) is 3.02. The van der Waals surface area contributed by atoms with Crippen LogP contribution >= 0.6 is 0 Å². The summed E-state index contributed by atoms with van der Waals surface area (Å²) < 4.78 is 5.91. The van der Waals surface area contributed by atoms with Gasteiger partial charge in [0.2, 0.25) is 0 Å². The van der Waals surface area contributed by atoms with Gasteiger partial charge in [0.05, 0.1) is 5.56 Å². The maximum Gasteiger partial charge on any atom is 0.274 e. The number of ether oxygens (including phenoxy) is 1. The Morgan fingerprint density at radius 2 is 2.32 bits per heavy atom. The highest BCUT2D eigenvalue weighted by atomic mass is 16.5. The minimum absolute atomic E-state index is 0.0138. The molecule has 1 fully saturated rings. The number of aryl methyl sites for hydroxylation is 1. The topological polar surface area (TPSA) is 62.2 Å². The molecule has 22 heavy (non-hydrogen) atoms. The van der Waals surface area contributed by atoms with Gasteiger partial charge in [-0.05, 0) is 38.0 Å². The third-order valence-electron chi connectivity index (χ3n) is 4.21. The minimum Gasteiger partial charge on any atom is -0.470 e. The van der Waals surface area contributed by atoms with Crippen LogP contribution < -0.4 is 4.74 Å². The van der Waals surface area contributed by atoms with Gasteiger partial charge in [-0.2, -0.15) is 5.10 Å². The van der Waals surface area contributed by atoms with Crippen molar-refractivity contribution in [1.29, 1.82) is 0 Å². The van der Waals surface area contributed by atoms with Gasteiger partial charge in [0, 0.05) is 31.8 Å². The molecule has 6 nitrogen and oxygen atoms in total. The Morgan fingerprint density at radius 3 is 3.00 bits per heavy atom. The van der Waals surface area contributed by atoms with Crippen molar-refractivity contribution in [3.63, 3.8) is 0 Å². The second-order valence-corrected chi connectivity index (χ2v) is 5.54. The van der Waals surface area contributed by atoms with Crippen LogP contribution in [0.5, 0.6) is 5.75 Å². The van der Waals surface area contributed by atoms with Crippen molar-refractivity contribution in [2.45, 2.75) is 32.9 Å². The number of rotatable bonds is 3. The monoisotopic (exact) mass is 301 g/mol. The number of hydrogen-bond acceptors (Lipinski definition) is 4. The summed E-state index contributed by atoms with van der Waals surface area (Å²) in [7, 11) is 0. The number of carbonyl (C=O) groups excluding carboxylic acids is 2. The summed E-state index contributed by atoms with van der Waals surface area (Å²) in [6.07, 6.45) is 1.57. The quantitative estimate of drug-likeness (QED) is 0.634. The predicted octanol–water partition coefficient (Wildman–Crippen LogP) is 2.03. The smallest absolute Gasteiger partial charge is 0.274 e. The molecule has 0 aliphatic carbocycles. The average molecular weight is 301 g/mol. The van der Waals surface area contributed by atoms with E-state index in [0.717, 1.165) is 24.9 Å². The number of nitrogens with zero attached hydrogens (tertiary/aromatic N) is 3. The molecule has 0 radical (unpaired) electrons. The van der Waals surface area contributed by atoms with Crippen molar-refractivity contribution in [1.82, 2.24) is 9.91 Å². The summed E-state index contributed by atoms with van der Waals surface area (Å²) in [5.41, 5.74) is 1.76. The normalized spacial score (nSPS) is 19.3. The highest BCUT2D eigenvalue weighted by Gasteiger charge is 2.37. The van der Waals surface area contributed by atoms with Crippen LogP contribution in [0.2, 0.25) is 0 Å². The molecule has 0 saturated carbocycles. The Kier molecular flexibility index (Phi) is 3.60. The third kappa shape index (κ3) is 2.15. The van der Waals surface area contributed by atoms with Crippen LogP contribution in [0, 0.1) is 6.92 Å². The molecule has 3 rings (SSSR count). The Balaban J connectivity index is 2.01. The van der Waals surface area contributed by atoms with Crippen LogP contribution in [0.4, 0.5) is 0 Å². The first kappa shape index (κ1) is 14.6. The highest BCUT2D eigenvalue weighted by Crippen LogP contribution is 2.35. The molecule has 6 heteroatoms. The molecule has 2 heterocycles. The van der Waals surface area contributed by atoms with Crippen LogP contribution in [0.1, 0.15) is 46.0 Å². The highest BCUT2D eigenvalue weighted by molar-refractivity contribution is 6.02. The minimum atomic E-state index is -0.234. The van der Waals surface area contributed by atoms with Gasteiger partial charge in [-0.15, -0.1) is 0 Å². The van der Waals surface area contributed by atoms with E-state index in [1.54, 1.807) is 17.0 Å². The lowest BCUT2D eigenvalue weighted by atomic mass is 10.0. The molecule has 1 aromatic rings. The Bertz CT molecular complexity index is 656. The molecule has 116 valence electrons. The molecule has 2 aliphatic rings. The fourth-order valence-corrected chi connectivity index (χ4v) is 3.02. The first-order valence-corrected chi connectivity index (χ1v) is 7.47. The first-order valence-electron chi connectivity index (χ1n) is 7.47. The van der Waals surface area contributed by atoms with Crippen LogP contribution in [-0.4, -0.2) is 47.8 Å². The number of fused-ring (bicyclic) bond motifs is 2. The standard InChI is InChI=1S/C16H19N3O3/c1-4-19(17-3)16(21)11-9-13-12(8-10(11)2)15(20)18-7-5-6-14(18)22-13/h8-9,14H,3-7H2,1-2H3. The number of amides is 2. The zero-order valence-corrected chi connectivity index (χ0v) is 12.8. The molecule has 2 aliphatic heterocycles. The summed E-state index contributed by atoms with van der Waals surface area (Å²) in [6.45, 7) is 8.23. The van der Waals surface area contributed by atoms with Crippen LogP contribution in [-0.2, 0) is 0 Å². The SMILES string of the molecule is C=NN(CC)C(=O)c1cc2c(cc1C)C(=O)N1CCCC1O2. The molecule has 0 bridgehead atoms. The van der Waals surface area contributed by atoms with Gasteiger partial charge in [-0.1, -0.05) is 0 Å². The number of carbonyl (C=O) groups is 2. The van der Waals surface area contributed by atoms with E-state index in [1.807, 2.05) is 13.8 Å². The van der Waals surface area contributed by atoms with E-state index in [-0.39, 0.29) is 18.0 Å². The van der Waals surface area contributed by atoms with Crippen molar-refractivity contribution in [3.8, 4) is 5.75 Å². The van der Waals surface area contributed by atoms with E-state index in [0.29, 0.717) is 23.4 Å². The van der Waals surface area contributed by atoms with Gasteiger partial charge in [0.1, 0.15) is 5.75 Å². The zero-order chi connectivity index (χ0) is 15.9. The van der Waals surface area contributed by atoms with E-state index in [1.165, 1.54) is 5.01 Å². The van der Waals surface area contributed by atoms with Crippen molar-refractivity contribution >= 4 is 18.5 Å². The molecule has 0 N–H and O–H groups in total. The van der Waals surface area contributed by atoms with Crippen molar-refractivity contribution in [2.75, 3.05) is 13.1 Å². The third-order valence-corrected chi connectivity index (χ3v) is 4.21. The summed E-state index contributed by atoms with van der Waals surface area (Å²) in [4.78, 5) is 26.7. The van der Waals surface area contributed by atoms with Crippen LogP contribution in [0.3, 0.4) is 0 Å². The van der Waals surface area contributed by atoms with Crippen LogP contribution in [0.25, 0.3) is 0 Å². The molecule has 1 aromatic carbocycles. The molecule has 1 unspecified atom stereocenters. The first-order chi connectivity index (χ1) is 10.6. The van der Waals surface area contributed by atoms with E-state index >= 15 is 0 Å². The second-order valence-electron chi connectivity index (χ2n) is 5.54. The van der Waals surface area contributed by atoms with E-state index in [2.05, 4.69) is 11.8 Å². The van der Waals surface area contributed by atoms with Crippen molar-refractivity contribution < 1.29 is 14.3 Å². The molecular weight excluding hydrogens is 282 g/mol. The van der Waals surface area contributed by atoms with Gasteiger partial charge in [0.25, 0.3) is 11.8 Å². The Labute approximate surface area is 129 Å². The predicted molar refractivity (Wildman–Crippen MR) is 82.1 cm³/mol. The summed E-state index contributed by atoms with van der Waals surface area (Å²) in [6, 6.07) is 3.39. The van der Waals surface area contributed by atoms with Gasteiger partial charge in [0.15, 0.2) is 6.23 Å². The Morgan fingerprint density at radius 1 is 1.55 bits per heavy atom. The fraction of sp³-hybridized carbons (Fsp3) is 0.438. The van der Waals surface area contributed by atoms with Crippen molar-refractivity contribution in [2.24, 2.45) is 5.10 Å². The van der Waals surface area contributed by atoms with Gasteiger partial charge >= 0.3 is 0 Å². The lowest BCUT2D eigenvalue weighted by Gasteiger charge is -2.32. The molecule has 2 amide bonds. The summed E-state index contributed by atoms with van der Waals surface area (Å²) >= 11 is 0. The summed E-state index contributed by atoms with van der Waals surface area (Å²) in [5, 5.41) is 5.01. The maximum absolute atomic E-state index is 12.5. The van der Waals surface area contributed by atoms with E-state index in [9.17, 15) is 9.59 Å². The van der Waals surface area contributed by atoms with E-state index in [4.69, 9.17) is 4.74 Å². The second kappa shape index (κ2) is 5.44. The van der Waals surface area contributed by atoms with Crippen LogP contribution in [0.15, 0.2) is 17.2 Å². The Hall–Kier alpha value is -2.37. The maximum atomic E-state index is 12.5.